The Hall–Kier alpha value is -3.48. The van der Waals surface area contributed by atoms with Gasteiger partial charge in [0, 0.05) is 13.1 Å². The quantitative estimate of drug-likeness (QED) is 0.654. The minimum Gasteiger partial charge on any atom is -0.397 e. The maximum absolute atomic E-state index is 14.2. The first-order valence-electron chi connectivity index (χ1n) is 10.2. The molecule has 0 unspecified atom stereocenters. The molecule has 1 amide bonds. The van der Waals surface area contributed by atoms with E-state index in [0.717, 1.165) is 43.8 Å². The van der Waals surface area contributed by atoms with E-state index in [2.05, 4.69) is 21.8 Å². The van der Waals surface area contributed by atoms with Crippen LogP contribution in [0.3, 0.4) is 0 Å². The number of rotatable bonds is 6. The van der Waals surface area contributed by atoms with Gasteiger partial charge in [-0.3, -0.25) is 4.79 Å². The number of piperidine rings is 1. The normalized spacial score (nSPS) is 15.0. The number of amides is 1. The van der Waals surface area contributed by atoms with Crippen molar-refractivity contribution < 1.29 is 13.6 Å². The number of carbonyl (C=O) groups excluding carboxylic acids is 1. The Kier molecular flexibility index (Phi) is 7.18. The lowest BCUT2D eigenvalue weighted by Crippen LogP contribution is -2.35. The van der Waals surface area contributed by atoms with Crippen LogP contribution in [0.2, 0.25) is 0 Å². The van der Waals surface area contributed by atoms with Crippen molar-refractivity contribution in [3.8, 4) is 11.3 Å². The van der Waals surface area contributed by atoms with Crippen LogP contribution in [0, 0.1) is 11.6 Å². The lowest BCUT2D eigenvalue weighted by molar-refractivity contribution is 0.0960. The molecule has 3 rings (SSSR count). The van der Waals surface area contributed by atoms with Crippen molar-refractivity contribution in [3.63, 3.8) is 0 Å². The van der Waals surface area contributed by atoms with Gasteiger partial charge in [0.2, 0.25) is 0 Å². The highest BCUT2D eigenvalue weighted by molar-refractivity contribution is 5.99. The van der Waals surface area contributed by atoms with E-state index >= 15 is 0 Å². The topological polar surface area (TPSA) is 71.2 Å². The summed E-state index contributed by atoms with van der Waals surface area (Å²) >= 11 is 0. The molecule has 0 bridgehead atoms. The number of nitrogens with one attached hydrogen (secondary N) is 1. The minimum atomic E-state index is -0.765. The van der Waals surface area contributed by atoms with E-state index in [9.17, 15) is 13.6 Å². The summed E-state index contributed by atoms with van der Waals surface area (Å²) in [4.78, 5) is 19.4. The summed E-state index contributed by atoms with van der Waals surface area (Å²) in [7, 11) is 0. The van der Waals surface area contributed by atoms with Gasteiger partial charge < -0.3 is 16.0 Å². The number of benzene rings is 1. The van der Waals surface area contributed by atoms with Crippen LogP contribution in [-0.4, -0.2) is 28.9 Å². The summed E-state index contributed by atoms with van der Waals surface area (Å²) in [6.45, 7) is 7.37. The number of pyridine rings is 1. The molecule has 3 N–H and O–H groups in total. The van der Waals surface area contributed by atoms with Gasteiger partial charge >= 0.3 is 0 Å². The maximum Gasteiger partial charge on any atom is 0.276 e. The van der Waals surface area contributed by atoms with Crippen molar-refractivity contribution in [1.29, 1.82) is 0 Å². The average molecular weight is 424 g/mol. The summed E-state index contributed by atoms with van der Waals surface area (Å²) in [5.74, 6) is -2.09. The summed E-state index contributed by atoms with van der Waals surface area (Å²) < 4.78 is 28.4. The molecule has 7 heteroatoms. The van der Waals surface area contributed by atoms with Crippen molar-refractivity contribution in [3.05, 3.63) is 83.9 Å². The number of hydrogen-bond acceptors (Lipinski definition) is 4. The first-order chi connectivity index (χ1) is 15.0. The van der Waals surface area contributed by atoms with E-state index in [1.54, 1.807) is 12.2 Å². The van der Waals surface area contributed by atoms with Crippen LogP contribution in [0.4, 0.5) is 14.5 Å². The molecule has 0 saturated carbocycles. The van der Waals surface area contributed by atoms with E-state index in [1.807, 2.05) is 13.0 Å². The van der Waals surface area contributed by atoms with Crippen molar-refractivity contribution in [1.82, 2.24) is 15.2 Å². The van der Waals surface area contributed by atoms with Crippen molar-refractivity contribution in [2.45, 2.75) is 26.2 Å². The molecule has 1 saturated heterocycles. The molecule has 31 heavy (non-hydrogen) atoms. The maximum atomic E-state index is 14.2. The van der Waals surface area contributed by atoms with Crippen LogP contribution in [0.5, 0.6) is 0 Å². The number of nitrogens with zero attached hydrogens (tertiary/aromatic N) is 2. The molecule has 5 nitrogen and oxygen atoms in total. The van der Waals surface area contributed by atoms with E-state index in [0.29, 0.717) is 5.70 Å². The molecular weight excluding hydrogens is 398 g/mol. The summed E-state index contributed by atoms with van der Waals surface area (Å²) in [5.41, 5.74) is 7.11. The number of nitrogens with two attached hydrogens (primary N) is 1. The number of aromatic nitrogens is 1. The third kappa shape index (κ3) is 4.99. The highest BCUT2D eigenvalue weighted by atomic mass is 19.1. The van der Waals surface area contributed by atoms with Crippen LogP contribution >= 0.6 is 0 Å². The van der Waals surface area contributed by atoms with E-state index in [4.69, 9.17) is 5.73 Å². The van der Waals surface area contributed by atoms with Crippen LogP contribution in [-0.2, 0) is 0 Å². The van der Waals surface area contributed by atoms with E-state index in [-0.39, 0.29) is 22.6 Å². The van der Waals surface area contributed by atoms with Crippen LogP contribution in [0.15, 0.2) is 66.5 Å². The number of likely N-dealkylation sites (tertiary alicyclic amines) is 1. The Morgan fingerprint density at radius 1 is 1.16 bits per heavy atom. The largest absolute Gasteiger partial charge is 0.397 e. The fraction of sp³-hybridized carbons (Fsp3) is 0.250. The van der Waals surface area contributed by atoms with Gasteiger partial charge in [-0.1, -0.05) is 24.8 Å². The fourth-order valence-electron chi connectivity index (χ4n) is 3.61. The van der Waals surface area contributed by atoms with E-state index in [1.165, 1.54) is 24.6 Å². The molecule has 0 atom stereocenters. The molecule has 0 radical (unpaired) electrons. The monoisotopic (exact) mass is 424 g/mol. The molecule has 1 fully saturated rings. The highest BCUT2D eigenvalue weighted by Gasteiger charge is 2.21. The zero-order valence-corrected chi connectivity index (χ0v) is 17.5. The second-order valence-electron chi connectivity index (χ2n) is 7.22. The Labute approximate surface area is 181 Å². The van der Waals surface area contributed by atoms with Gasteiger partial charge in [-0.15, -0.1) is 0 Å². The number of carbonyl (C=O) groups is 1. The van der Waals surface area contributed by atoms with Gasteiger partial charge in [0.05, 0.1) is 28.3 Å². The number of anilines is 1. The zero-order valence-electron chi connectivity index (χ0n) is 17.5. The summed E-state index contributed by atoms with van der Waals surface area (Å²) in [6.07, 6.45) is 8.64. The Bertz CT molecular complexity index is 1020. The predicted octanol–water partition coefficient (Wildman–Crippen LogP) is 4.80. The highest BCUT2D eigenvalue weighted by Crippen LogP contribution is 2.26. The molecular formula is C24H26F2N4O. The standard InChI is InChI=1S/C24H26F2N4O/c1-3-9-21(30-14-6-5-7-15-30)19(4-2)29-24(31)23-18(27)12-13-20(28-23)22-16(25)10-8-11-17(22)26/h3-4,8-13H,1,5-7,14-15,27H2,2H3,(H,29,31)/b19-4+,21-9+. The molecule has 1 aromatic carbocycles. The third-order valence-corrected chi connectivity index (χ3v) is 5.15. The van der Waals surface area contributed by atoms with Crippen molar-refractivity contribution in [2.75, 3.05) is 18.8 Å². The number of hydrogen-bond donors (Lipinski definition) is 2. The van der Waals surface area contributed by atoms with E-state index < -0.39 is 17.5 Å². The zero-order chi connectivity index (χ0) is 22.4. The van der Waals surface area contributed by atoms with Crippen LogP contribution in [0.1, 0.15) is 36.7 Å². The number of allylic oxidation sites excluding steroid dienone is 3. The first-order valence-corrected chi connectivity index (χ1v) is 10.2. The molecule has 0 aliphatic carbocycles. The van der Waals surface area contributed by atoms with Crippen LogP contribution < -0.4 is 11.1 Å². The second-order valence-corrected chi connectivity index (χ2v) is 7.22. The lowest BCUT2D eigenvalue weighted by Gasteiger charge is -2.32. The smallest absolute Gasteiger partial charge is 0.276 e. The van der Waals surface area contributed by atoms with Gasteiger partial charge in [-0.2, -0.15) is 0 Å². The van der Waals surface area contributed by atoms with Gasteiger partial charge in [0.15, 0.2) is 5.69 Å². The second kappa shape index (κ2) is 10.0. The van der Waals surface area contributed by atoms with Gasteiger partial charge in [0.1, 0.15) is 11.6 Å². The lowest BCUT2D eigenvalue weighted by atomic mass is 10.1. The van der Waals surface area contributed by atoms with Gasteiger partial charge in [0.25, 0.3) is 5.91 Å². The fourth-order valence-corrected chi connectivity index (χ4v) is 3.61. The predicted molar refractivity (Wildman–Crippen MR) is 119 cm³/mol. The first kappa shape index (κ1) is 22.2. The summed E-state index contributed by atoms with van der Waals surface area (Å²) in [6, 6.07) is 6.36. The Balaban J connectivity index is 1.91. The Morgan fingerprint density at radius 3 is 2.45 bits per heavy atom. The molecule has 1 aromatic heterocycles. The SMILES string of the molecule is C=C/C=C(\C(=C/C)NC(=O)c1nc(-c2c(F)cccc2F)ccc1N)N1CCCCC1. The number of nitrogen functional groups attached to an aromatic ring is 1. The Morgan fingerprint density at radius 2 is 1.84 bits per heavy atom. The molecule has 1 aliphatic heterocycles. The third-order valence-electron chi connectivity index (χ3n) is 5.15. The van der Waals surface area contributed by atoms with Crippen molar-refractivity contribution >= 4 is 11.6 Å². The molecule has 162 valence electrons. The molecule has 2 aromatic rings. The minimum absolute atomic E-state index is 0.00475. The van der Waals surface area contributed by atoms with Gasteiger partial charge in [-0.05, 0) is 56.5 Å². The van der Waals surface area contributed by atoms with Crippen molar-refractivity contribution in [2.24, 2.45) is 0 Å². The molecule has 0 spiro atoms. The van der Waals surface area contributed by atoms with Crippen LogP contribution in [0.25, 0.3) is 11.3 Å². The van der Waals surface area contributed by atoms with Gasteiger partial charge in [-0.25, -0.2) is 13.8 Å². The average Bonchev–Trinajstić information content (AvgIpc) is 2.77. The molecule has 1 aliphatic rings. The number of halogens is 2. The molecule has 2 heterocycles. The summed E-state index contributed by atoms with van der Waals surface area (Å²) in [5, 5.41) is 2.85.